The highest BCUT2D eigenvalue weighted by Crippen LogP contribution is 2.29. The lowest BCUT2D eigenvalue weighted by atomic mass is 10.4. The molecule has 0 saturated heterocycles. The van der Waals surface area contributed by atoms with E-state index in [1.54, 1.807) is 6.07 Å². The number of aromatic nitrogens is 1. The van der Waals surface area contributed by atoms with Crippen LogP contribution in [0.3, 0.4) is 0 Å². The van der Waals surface area contributed by atoms with Crippen molar-refractivity contribution in [2.45, 2.75) is 23.8 Å². The minimum absolute atomic E-state index is 0.216. The van der Waals surface area contributed by atoms with E-state index in [4.69, 9.17) is 4.74 Å². The minimum atomic E-state index is -0.510. The van der Waals surface area contributed by atoms with Gasteiger partial charge in [-0.25, -0.2) is 4.98 Å². The second-order valence-electron chi connectivity index (χ2n) is 2.98. The van der Waals surface area contributed by atoms with Crippen molar-refractivity contribution in [3.8, 4) is 5.75 Å². The number of hydrogen-bond donors (Lipinski definition) is 0. The molecule has 1 aliphatic carbocycles. The Balaban J connectivity index is 2.19. The monoisotopic (exact) mass is 199 g/mol. The van der Waals surface area contributed by atoms with Crippen molar-refractivity contribution >= 4 is 11.8 Å². The highest BCUT2D eigenvalue weighted by molar-refractivity contribution is 7.98. The normalized spacial score (nSPS) is 15.8. The molecule has 1 aliphatic rings. The molecule has 1 aromatic rings. The number of hydrogen-bond acceptors (Lipinski definition) is 3. The van der Waals surface area contributed by atoms with Crippen molar-refractivity contribution in [1.29, 1.82) is 0 Å². The van der Waals surface area contributed by atoms with E-state index in [0.717, 1.165) is 17.7 Å². The van der Waals surface area contributed by atoms with Crippen LogP contribution in [-0.4, -0.2) is 17.3 Å². The average molecular weight is 199 g/mol. The Kier molecular flexibility index (Phi) is 2.40. The standard InChI is InChI=1S/C9H10FNOS/c1-13-7-4-8(9(10)11-5-7)12-6-2-3-6/h4-6H,2-3H2,1H3. The van der Waals surface area contributed by atoms with Gasteiger partial charge in [-0.1, -0.05) is 0 Å². The van der Waals surface area contributed by atoms with Crippen molar-refractivity contribution in [2.75, 3.05) is 6.26 Å². The Hall–Kier alpha value is -0.770. The Morgan fingerprint density at radius 1 is 1.62 bits per heavy atom. The number of ether oxygens (including phenoxy) is 1. The quantitative estimate of drug-likeness (QED) is 0.551. The Bertz CT molecular complexity index is 314. The molecule has 2 nitrogen and oxygen atoms in total. The smallest absolute Gasteiger partial charge is 0.255 e. The van der Waals surface area contributed by atoms with Crippen molar-refractivity contribution in [1.82, 2.24) is 4.98 Å². The third-order valence-corrected chi connectivity index (χ3v) is 2.53. The van der Waals surface area contributed by atoms with Crippen LogP contribution in [0.5, 0.6) is 5.75 Å². The molecule has 0 aliphatic heterocycles. The minimum Gasteiger partial charge on any atom is -0.486 e. The molecular formula is C9H10FNOS. The molecule has 2 rings (SSSR count). The maximum absolute atomic E-state index is 13.0. The number of thioether (sulfide) groups is 1. The van der Waals surface area contributed by atoms with Crippen LogP contribution >= 0.6 is 11.8 Å². The summed E-state index contributed by atoms with van der Waals surface area (Å²) in [6.45, 7) is 0. The SMILES string of the molecule is CSc1cnc(F)c(OC2CC2)c1. The largest absolute Gasteiger partial charge is 0.486 e. The first kappa shape index (κ1) is 8.81. The van der Waals surface area contributed by atoms with Crippen LogP contribution in [0.25, 0.3) is 0 Å². The van der Waals surface area contributed by atoms with Gasteiger partial charge in [0, 0.05) is 17.2 Å². The Morgan fingerprint density at radius 3 is 3.00 bits per heavy atom. The van der Waals surface area contributed by atoms with Gasteiger partial charge in [0.1, 0.15) is 0 Å². The summed E-state index contributed by atoms with van der Waals surface area (Å²) in [7, 11) is 0. The molecule has 4 heteroatoms. The molecule has 0 radical (unpaired) electrons. The topological polar surface area (TPSA) is 22.1 Å². The van der Waals surface area contributed by atoms with Gasteiger partial charge in [-0.2, -0.15) is 4.39 Å². The van der Waals surface area contributed by atoms with Crippen LogP contribution < -0.4 is 4.74 Å². The molecule has 0 unspecified atom stereocenters. The third kappa shape index (κ3) is 2.12. The van der Waals surface area contributed by atoms with Crippen LogP contribution in [-0.2, 0) is 0 Å². The maximum Gasteiger partial charge on any atom is 0.255 e. The third-order valence-electron chi connectivity index (χ3n) is 1.84. The van der Waals surface area contributed by atoms with E-state index >= 15 is 0 Å². The fourth-order valence-electron chi connectivity index (χ4n) is 0.970. The summed E-state index contributed by atoms with van der Waals surface area (Å²) < 4.78 is 18.4. The molecule has 1 heterocycles. The zero-order valence-corrected chi connectivity index (χ0v) is 8.10. The summed E-state index contributed by atoms with van der Waals surface area (Å²) in [5, 5.41) is 0. The summed E-state index contributed by atoms with van der Waals surface area (Å²) in [6.07, 6.45) is 5.72. The molecule has 70 valence electrons. The van der Waals surface area contributed by atoms with Crippen LogP contribution in [0, 0.1) is 5.95 Å². The molecule has 1 saturated carbocycles. The molecular weight excluding hydrogens is 189 g/mol. The molecule has 0 aromatic carbocycles. The highest BCUT2D eigenvalue weighted by atomic mass is 32.2. The first-order valence-electron chi connectivity index (χ1n) is 4.16. The summed E-state index contributed by atoms with van der Waals surface area (Å²) in [6, 6.07) is 1.70. The molecule has 0 spiro atoms. The van der Waals surface area contributed by atoms with E-state index in [1.807, 2.05) is 6.26 Å². The second-order valence-corrected chi connectivity index (χ2v) is 3.86. The predicted octanol–water partition coefficient (Wildman–Crippen LogP) is 2.48. The van der Waals surface area contributed by atoms with E-state index < -0.39 is 5.95 Å². The van der Waals surface area contributed by atoms with Crippen LogP contribution in [0.4, 0.5) is 4.39 Å². The molecule has 1 aromatic heterocycles. The van der Waals surface area contributed by atoms with Gasteiger partial charge in [0.25, 0.3) is 5.95 Å². The summed E-state index contributed by atoms with van der Waals surface area (Å²) in [5.74, 6) is -0.223. The van der Waals surface area contributed by atoms with E-state index in [9.17, 15) is 4.39 Å². The van der Waals surface area contributed by atoms with Crippen LogP contribution in [0.15, 0.2) is 17.2 Å². The van der Waals surface area contributed by atoms with Crippen LogP contribution in [0.1, 0.15) is 12.8 Å². The van der Waals surface area contributed by atoms with E-state index in [2.05, 4.69) is 4.98 Å². The molecule has 0 bridgehead atoms. The zero-order chi connectivity index (χ0) is 9.26. The van der Waals surface area contributed by atoms with E-state index in [0.29, 0.717) is 0 Å². The highest BCUT2D eigenvalue weighted by Gasteiger charge is 2.25. The average Bonchev–Trinajstić information content (AvgIpc) is 2.93. The van der Waals surface area contributed by atoms with Gasteiger partial charge in [-0.3, -0.25) is 0 Å². The van der Waals surface area contributed by atoms with Crippen molar-refractivity contribution in [2.24, 2.45) is 0 Å². The Labute approximate surface area is 80.5 Å². The van der Waals surface area contributed by atoms with Gasteiger partial charge in [0.15, 0.2) is 5.75 Å². The summed E-state index contributed by atoms with van der Waals surface area (Å²) >= 11 is 1.53. The van der Waals surface area contributed by atoms with E-state index in [1.165, 1.54) is 18.0 Å². The van der Waals surface area contributed by atoms with Gasteiger partial charge in [0.2, 0.25) is 0 Å². The lowest BCUT2D eigenvalue weighted by Gasteiger charge is -2.05. The first-order valence-corrected chi connectivity index (χ1v) is 5.38. The van der Waals surface area contributed by atoms with Gasteiger partial charge >= 0.3 is 0 Å². The van der Waals surface area contributed by atoms with E-state index in [-0.39, 0.29) is 11.9 Å². The fourth-order valence-corrected chi connectivity index (χ4v) is 1.35. The lowest BCUT2D eigenvalue weighted by Crippen LogP contribution is -1.99. The number of rotatable bonds is 3. The first-order chi connectivity index (χ1) is 6.29. The zero-order valence-electron chi connectivity index (χ0n) is 7.29. The van der Waals surface area contributed by atoms with Crippen molar-refractivity contribution < 1.29 is 9.13 Å². The second kappa shape index (κ2) is 3.54. The van der Waals surface area contributed by atoms with Gasteiger partial charge < -0.3 is 4.74 Å². The van der Waals surface area contributed by atoms with Crippen LogP contribution in [0.2, 0.25) is 0 Å². The number of pyridine rings is 1. The maximum atomic E-state index is 13.0. The van der Waals surface area contributed by atoms with Crippen molar-refractivity contribution in [3.63, 3.8) is 0 Å². The number of halogens is 1. The lowest BCUT2D eigenvalue weighted by molar-refractivity contribution is 0.282. The molecule has 1 fully saturated rings. The molecule has 0 atom stereocenters. The van der Waals surface area contributed by atoms with Gasteiger partial charge in [-0.05, 0) is 19.1 Å². The van der Waals surface area contributed by atoms with Gasteiger partial charge in [-0.15, -0.1) is 11.8 Å². The van der Waals surface area contributed by atoms with Gasteiger partial charge in [0.05, 0.1) is 6.10 Å². The molecule has 13 heavy (non-hydrogen) atoms. The fraction of sp³-hybridized carbons (Fsp3) is 0.444. The number of nitrogens with zero attached hydrogens (tertiary/aromatic N) is 1. The summed E-state index contributed by atoms with van der Waals surface area (Å²) in [5.41, 5.74) is 0. The Morgan fingerprint density at radius 2 is 2.38 bits per heavy atom. The molecule has 0 amide bonds. The summed E-state index contributed by atoms with van der Waals surface area (Å²) in [4.78, 5) is 4.55. The van der Waals surface area contributed by atoms with Crippen molar-refractivity contribution in [3.05, 3.63) is 18.2 Å². The molecule has 0 N–H and O–H groups in total. The predicted molar refractivity (Wildman–Crippen MR) is 49.6 cm³/mol.